The number of carbonyl (C=O) groups excluding carboxylic acids is 1. The summed E-state index contributed by atoms with van der Waals surface area (Å²) in [4.78, 5) is 41.1. The highest BCUT2D eigenvalue weighted by Crippen LogP contribution is 2.17. The fourth-order valence-corrected chi connectivity index (χ4v) is 3.64. The van der Waals surface area contributed by atoms with Gasteiger partial charge in [0, 0.05) is 38.3 Å². The Labute approximate surface area is 166 Å². The molecule has 0 unspecified atom stereocenters. The molecule has 0 saturated carbocycles. The third-order valence-corrected chi connectivity index (χ3v) is 5.26. The van der Waals surface area contributed by atoms with E-state index in [4.69, 9.17) is 0 Å². The summed E-state index contributed by atoms with van der Waals surface area (Å²) in [5, 5.41) is 3.24. The highest BCUT2D eigenvalue weighted by molar-refractivity contribution is 5.80. The average molecular weight is 396 g/mol. The first-order chi connectivity index (χ1) is 14.0. The number of H-pyrrole nitrogens is 1. The molecule has 8 heteroatoms. The largest absolute Gasteiger partial charge is 0.368 e. The zero-order chi connectivity index (χ0) is 20.4. The molecule has 0 atom stereocenters. The number of nitrogens with zero attached hydrogens (tertiary/aromatic N) is 3. The van der Waals surface area contributed by atoms with Crippen molar-refractivity contribution in [3.8, 4) is 0 Å². The molecule has 1 saturated heterocycles. The van der Waals surface area contributed by atoms with Gasteiger partial charge in [-0.2, -0.15) is 0 Å². The van der Waals surface area contributed by atoms with Gasteiger partial charge in [-0.15, -0.1) is 0 Å². The first-order valence-electron chi connectivity index (χ1n) is 9.53. The first-order valence-corrected chi connectivity index (χ1v) is 9.53. The quantitative estimate of drug-likeness (QED) is 0.726. The molecule has 150 valence electrons. The number of halogens is 1. The van der Waals surface area contributed by atoms with Gasteiger partial charge in [-0.05, 0) is 36.4 Å². The number of aromatic amines is 1. The summed E-state index contributed by atoms with van der Waals surface area (Å²) in [5.74, 6) is -0.339. The summed E-state index contributed by atoms with van der Waals surface area (Å²) in [6.07, 6.45) is 0.130. The molecule has 1 aliphatic heterocycles. The van der Waals surface area contributed by atoms with Crippen LogP contribution >= 0.6 is 0 Å². The first kappa shape index (κ1) is 18.9. The van der Waals surface area contributed by atoms with Crippen LogP contribution in [0.1, 0.15) is 6.42 Å². The SMILES string of the molecule is O=C(CCn1[nH]c(=O)c2ccccc2c1=O)N1CCN(c2ccc(F)cc2)CC1. The fraction of sp³-hybridized carbons (Fsp3) is 0.286. The van der Waals surface area contributed by atoms with Gasteiger partial charge in [0.2, 0.25) is 5.91 Å². The Kier molecular flexibility index (Phi) is 5.16. The molecular formula is C21H21FN4O3. The second kappa shape index (κ2) is 7.90. The monoisotopic (exact) mass is 396 g/mol. The van der Waals surface area contributed by atoms with E-state index in [1.54, 1.807) is 41.3 Å². The zero-order valence-electron chi connectivity index (χ0n) is 15.8. The van der Waals surface area contributed by atoms with Gasteiger partial charge in [-0.25, -0.2) is 9.07 Å². The molecule has 1 fully saturated rings. The van der Waals surface area contributed by atoms with Crippen LogP contribution in [-0.2, 0) is 11.3 Å². The second-order valence-electron chi connectivity index (χ2n) is 7.04. The van der Waals surface area contributed by atoms with Gasteiger partial charge in [0.1, 0.15) is 5.82 Å². The van der Waals surface area contributed by atoms with Crippen LogP contribution in [0.15, 0.2) is 58.1 Å². The lowest BCUT2D eigenvalue weighted by Crippen LogP contribution is -2.49. The van der Waals surface area contributed by atoms with Crippen LogP contribution in [0, 0.1) is 5.82 Å². The van der Waals surface area contributed by atoms with Crippen molar-refractivity contribution >= 4 is 22.4 Å². The number of carbonyl (C=O) groups is 1. The molecule has 0 radical (unpaired) electrons. The topological polar surface area (TPSA) is 78.4 Å². The molecule has 29 heavy (non-hydrogen) atoms. The van der Waals surface area contributed by atoms with Crippen LogP contribution in [-0.4, -0.2) is 46.8 Å². The molecule has 4 rings (SSSR count). The van der Waals surface area contributed by atoms with Crippen molar-refractivity contribution in [1.29, 1.82) is 0 Å². The maximum absolute atomic E-state index is 13.1. The van der Waals surface area contributed by atoms with Gasteiger partial charge in [0.05, 0.1) is 17.3 Å². The van der Waals surface area contributed by atoms with E-state index in [1.165, 1.54) is 16.8 Å². The van der Waals surface area contributed by atoms with Gasteiger partial charge in [-0.3, -0.25) is 19.5 Å². The summed E-state index contributed by atoms with van der Waals surface area (Å²) in [5.41, 5.74) is 0.272. The predicted octanol–water partition coefficient (Wildman–Crippen LogP) is 1.57. The van der Waals surface area contributed by atoms with Crippen molar-refractivity contribution in [3.05, 3.63) is 75.1 Å². The number of hydrogen-bond donors (Lipinski definition) is 1. The summed E-state index contributed by atoms with van der Waals surface area (Å²) in [7, 11) is 0. The molecule has 1 aromatic heterocycles. The zero-order valence-corrected chi connectivity index (χ0v) is 15.8. The second-order valence-corrected chi connectivity index (χ2v) is 7.04. The van der Waals surface area contributed by atoms with E-state index in [1.807, 2.05) is 0 Å². The third kappa shape index (κ3) is 3.91. The molecular weight excluding hydrogens is 375 g/mol. The Balaban J connectivity index is 1.38. The molecule has 0 spiro atoms. The maximum Gasteiger partial charge on any atom is 0.273 e. The normalized spacial score (nSPS) is 14.4. The Morgan fingerprint density at radius 3 is 2.28 bits per heavy atom. The highest BCUT2D eigenvalue weighted by Gasteiger charge is 2.21. The minimum Gasteiger partial charge on any atom is -0.368 e. The van der Waals surface area contributed by atoms with Crippen molar-refractivity contribution in [3.63, 3.8) is 0 Å². The number of fused-ring (bicyclic) bond motifs is 1. The maximum atomic E-state index is 13.1. The van der Waals surface area contributed by atoms with E-state index >= 15 is 0 Å². The molecule has 0 aliphatic carbocycles. The molecule has 7 nitrogen and oxygen atoms in total. The number of rotatable bonds is 4. The van der Waals surface area contributed by atoms with E-state index in [0.717, 1.165) is 5.69 Å². The van der Waals surface area contributed by atoms with Gasteiger partial charge in [0.25, 0.3) is 11.1 Å². The lowest BCUT2D eigenvalue weighted by molar-refractivity contribution is -0.131. The van der Waals surface area contributed by atoms with Gasteiger partial charge >= 0.3 is 0 Å². The minimum absolute atomic E-state index is 0.0651. The Morgan fingerprint density at radius 1 is 0.931 bits per heavy atom. The van der Waals surface area contributed by atoms with E-state index in [-0.39, 0.29) is 35.8 Å². The molecule has 1 amide bonds. The third-order valence-electron chi connectivity index (χ3n) is 5.26. The molecule has 1 N–H and O–H groups in total. The number of benzene rings is 2. The number of piperazine rings is 1. The Morgan fingerprint density at radius 2 is 1.59 bits per heavy atom. The van der Waals surface area contributed by atoms with E-state index in [2.05, 4.69) is 10.00 Å². The number of hydrogen-bond acceptors (Lipinski definition) is 4. The minimum atomic E-state index is -0.347. The number of nitrogens with one attached hydrogen (secondary N) is 1. The van der Waals surface area contributed by atoms with Crippen molar-refractivity contribution in [2.75, 3.05) is 31.1 Å². The summed E-state index contributed by atoms with van der Waals surface area (Å²) >= 11 is 0. The highest BCUT2D eigenvalue weighted by atomic mass is 19.1. The lowest BCUT2D eigenvalue weighted by Gasteiger charge is -2.36. The number of aromatic nitrogens is 2. The molecule has 2 aromatic carbocycles. The number of anilines is 1. The van der Waals surface area contributed by atoms with Gasteiger partial charge in [0.15, 0.2) is 0 Å². The Bertz CT molecular complexity index is 1150. The van der Waals surface area contributed by atoms with E-state index in [9.17, 15) is 18.8 Å². The number of aryl methyl sites for hydroxylation is 1. The lowest BCUT2D eigenvalue weighted by atomic mass is 10.2. The number of amides is 1. The fourth-order valence-electron chi connectivity index (χ4n) is 3.64. The van der Waals surface area contributed by atoms with Crippen LogP contribution < -0.4 is 16.0 Å². The van der Waals surface area contributed by atoms with E-state index in [0.29, 0.717) is 37.0 Å². The summed E-state index contributed by atoms with van der Waals surface area (Å²) < 4.78 is 14.3. The van der Waals surface area contributed by atoms with Crippen LogP contribution in [0.4, 0.5) is 10.1 Å². The average Bonchev–Trinajstić information content (AvgIpc) is 2.76. The van der Waals surface area contributed by atoms with E-state index < -0.39 is 0 Å². The van der Waals surface area contributed by atoms with Crippen molar-refractivity contribution < 1.29 is 9.18 Å². The Hall–Kier alpha value is -3.42. The summed E-state index contributed by atoms with van der Waals surface area (Å²) in [6.45, 7) is 2.54. The van der Waals surface area contributed by atoms with Crippen molar-refractivity contribution in [2.45, 2.75) is 13.0 Å². The predicted molar refractivity (Wildman–Crippen MR) is 109 cm³/mol. The van der Waals surface area contributed by atoms with Crippen LogP contribution in [0.25, 0.3) is 10.8 Å². The van der Waals surface area contributed by atoms with Crippen LogP contribution in [0.2, 0.25) is 0 Å². The standard InChI is InChI=1S/C21H21FN4O3/c22-15-5-7-16(8-6-15)24-11-13-25(14-12-24)19(27)9-10-26-21(29)18-4-2-1-3-17(18)20(28)23-26/h1-8H,9-14H2,(H,23,28). The molecule has 0 bridgehead atoms. The van der Waals surface area contributed by atoms with Gasteiger partial charge < -0.3 is 9.80 Å². The van der Waals surface area contributed by atoms with Crippen LogP contribution in [0.5, 0.6) is 0 Å². The van der Waals surface area contributed by atoms with Gasteiger partial charge in [-0.1, -0.05) is 12.1 Å². The molecule has 1 aliphatic rings. The smallest absolute Gasteiger partial charge is 0.273 e. The molecule has 2 heterocycles. The summed E-state index contributed by atoms with van der Waals surface area (Å²) in [6, 6.07) is 12.9. The van der Waals surface area contributed by atoms with Crippen molar-refractivity contribution in [1.82, 2.24) is 14.7 Å². The molecule has 3 aromatic rings. The van der Waals surface area contributed by atoms with Crippen LogP contribution in [0.3, 0.4) is 0 Å². The van der Waals surface area contributed by atoms with Crippen molar-refractivity contribution in [2.24, 2.45) is 0 Å².